The summed E-state index contributed by atoms with van der Waals surface area (Å²) in [4.78, 5) is 10.9. The summed E-state index contributed by atoms with van der Waals surface area (Å²) in [5.74, 6) is -0.707. The van der Waals surface area contributed by atoms with Crippen LogP contribution in [0.1, 0.15) is 8.27 Å². The summed E-state index contributed by atoms with van der Waals surface area (Å²) in [5.41, 5.74) is 0. The van der Waals surface area contributed by atoms with Crippen LogP contribution in [0.2, 0.25) is 0 Å². The molecule has 5 atom stereocenters. The summed E-state index contributed by atoms with van der Waals surface area (Å²) in [6.07, 6.45) is -5.51. The highest BCUT2D eigenvalue weighted by Gasteiger charge is 2.43. The zero-order valence-corrected chi connectivity index (χ0v) is 7.91. The average molecular weight is 222 g/mol. The van der Waals surface area contributed by atoms with Crippen LogP contribution in [0, 0.1) is 0 Å². The van der Waals surface area contributed by atoms with Gasteiger partial charge in [-0.2, -0.15) is 0 Å². The van der Waals surface area contributed by atoms with Crippen molar-refractivity contribution >= 4 is 5.91 Å². The molecule has 0 aromatic rings. The van der Waals surface area contributed by atoms with Crippen molar-refractivity contribution in [1.82, 2.24) is 5.32 Å². The summed E-state index contributed by atoms with van der Waals surface area (Å²) >= 11 is 0. The van der Waals surface area contributed by atoms with Gasteiger partial charge in [0.15, 0.2) is 6.29 Å². The van der Waals surface area contributed by atoms with E-state index in [-0.39, 0.29) is 0 Å². The van der Waals surface area contributed by atoms with E-state index in [2.05, 4.69) is 5.32 Å². The van der Waals surface area contributed by atoms with E-state index in [1.165, 1.54) is 0 Å². The van der Waals surface area contributed by atoms with Crippen molar-refractivity contribution in [2.75, 3.05) is 6.61 Å². The van der Waals surface area contributed by atoms with Crippen LogP contribution in [0.3, 0.4) is 0 Å². The van der Waals surface area contributed by atoms with Crippen molar-refractivity contribution in [2.45, 2.75) is 37.5 Å². The van der Waals surface area contributed by atoms with E-state index in [9.17, 15) is 20.1 Å². The molecule has 1 aliphatic heterocycles. The van der Waals surface area contributed by atoms with Gasteiger partial charge in [-0.25, -0.2) is 0 Å². The number of aliphatic hydroxyl groups excluding tert-OH is 4. The van der Waals surface area contributed by atoms with E-state index in [0.717, 1.165) is 0 Å². The molecule has 5 N–H and O–H groups in total. The van der Waals surface area contributed by atoms with Crippen LogP contribution in [0.5, 0.6) is 0 Å². The van der Waals surface area contributed by atoms with Gasteiger partial charge in [-0.05, 0) is 0 Å². The van der Waals surface area contributed by atoms with Gasteiger partial charge in [0.25, 0.3) is 0 Å². The molecule has 1 fully saturated rings. The zero-order chi connectivity index (χ0) is 12.3. The molecule has 1 saturated heterocycles. The fourth-order valence-corrected chi connectivity index (χ4v) is 1.44. The van der Waals surface area contributed by atoms with Crippen LogP contribution in [0.4, 0.5) is 0 Å². The van der Waals surface area contributed by atoms with Gasteiger partial charge >= 0.3 is 0 Å². The lowest BCUT2D eigenvalue weighted by Gasteiger charge is -2.40. The summed E-state index contributed by atoms with van der Waals surface area (Å²) in [5, 5.41) is 39.4. The second-order valence-electron chi connectivity index (χ2n) is 3.32. The number of aliphatic hydroxyl groups is 4. The number of ether oxygens (including phenoxy) is 1. The number of rotatable bonds is 2. The number of carbonyl (C=O) groups excluding carboxylic acids is 1. The Morgan fingerprint density at radius 2 is 2.13 bits per heavy atom. The van der Waals surface area contributed by atoms with Crippen molar-refractivity contribution in [3.05, 3.63) is 0 Å². The Balaban J connectivity index is 2.67. The Bertz CT molecular complexity index is 253. The normalized spacial score (nSPS) is 42.1. The molecule has 0 aliphatic carbocycles. The van der Waals surface area contributed by atoms with Crippen molar-refractivity contribution in [1.29, 1.82) is 0 Å². The average Bonchev–Trinajstić information content (AvgIpc) is 2.28. The van der Waals surface area contributed by atoms with E-state index in [0.29, 0.717) is 0 Å². The lowest BCUT2D eigenvalue weighted by Crippen LogP contribution is -2.63. The molecule has 7 nitrogen and oxygen atoms in total. The minimum Gasteiger partial charge on any atom is -0.394 e. The van der Waals surface area contributed by atoms with E-state index in [1.54, 1.807) is 0 Å². The first-order valence-electron chi connectivity index (χ1n) is 5.11. The molecule has 15 heavy (non-hydrogen) atoms. The fourth-order valence-electron chi connectivity index (χ4n) is 1.44. The molecule has 1 heterocycles. The molecule has 0 saturated carbocycles. The second-order valence-corrected chi connectivity index (χ2v) is 3.32. The molecule has 0 aromatic heterocycles. The number of nitrogens with one attached hydrogen (secondary N) is 1. The van der Waals surface area contributed by atoms with Gasteiger partial charge in [-0.1, -0.05) is 0 Å². The van der Waals surface area contributed by atoms with Gasteiger partial charge in [0.1, 0.15) is 24.4 Å². The van der Waals surface area contributed by atoms with Crippen molar-refractivity contribution in [3.63, 3.8) is 0 Å². The van der Waals surface area contributed by atoms with E-state index in [4.69, 9.17) is 11.2 Å². The van der Waals surface area contributed by atoms with Gasteiger partial charge in [-0.3, -0.25) is 4.79 Å². The number of amides is 1. The van der Waals surface area contributed by atoms with Gasteiger partial charge in [0.2, 0.25) is 5.91 Å². The third-order valence-corrected chi connectivity index (χ3v) is 2.23. The van der Waals surface area contributed by atoms with Gasteiger partial charge in [0.05, 0.1) is 6.61 Å². The number of hydrogen-bond acceptors (Lipinski definition) is 6. The lowest BCUT2D eigenvalue weighted by atomic mass is 9.97. The lowest BCUT2D eigenvalue weighted by molar-refractivity contribution is -0.253. The summed E-state index contributed by atoms with van der Waals surface area (Å²) < 4.78 is 11.6. The predicted octanol–water partition coefficient (Wildman–Crippen LogP) is -3.08. The first-order chi connectivity index (χ1) is 7.51. The van der Waals surface area contributed by atoms with Crippen LogP contribution in [-0.4, -0.2) is 63.6 Å². The predicted molar refractivity (Wildman–Crippen MR) is 47.6 cm³/mol. The maximum atomic E-state index is 10.9. The van der Waals surface area contributed by atoms with Crippen LogP contribution < -0.4 is 5.32 Å². The standard InChI is InChI=1S/C8H15NO6/c1-3(11)9-5-7(13)6(12)4(2-10)15-8(5)14/h4-8,10,12-14H,2H2,1H3,(H,9,11)/t4-,5+,6+,7-,8?/m1/s1/i1D. The third-order valence-electron chi connectivity index (χ3n) is 2.23. The molecule has 0 bridgehead atoms. The topological polar surface area (TPSA) is 119 Å². The van der Waals surface area contributed by atoms with Crippen LogP contribution in [0.25, 0.3) is 0 Å². The van der Waals surface area contributed by atoms with Crippen molar-refractivity contribution in [3.8, 4) is 0 Å². The Hall–Kier alpha value is -0.730. The maximum Gasteiger partial charge on any atom is 0.217 e. The van der Waals surface area contributed by atoms with Crippen molar-refractivity contribution in [2.24, 2.45) is 0 Å². The van der Waals surface area contributed by atoms with Crippen molar-refractivity contribution < 1.29 is 31.3 Å². The minimum absolute atomic E-state index is 0.560. The molecule has 0 radical (unpaired) electrons. The molecule has 0 spiro atoms. The Morgan fingerprint density at radius 3 is 2.67 bits per heavy atom. The van der Waals surface area contributed by atoms with Gasteiger partial charge < -0.3 is 30.5 Å². The Morgan fingerprint density at radius 1 is 1.47 bits per heavy atom. The van der Waals surface area contributed by atoms with Gasteiger partial charge in [0, 0.05) is 8.27 Å². The molecular formula is C8H15NO6. The third kappa shape index (κ3) is 2.64. The van der Waals surface area contributed by atoms with E-state index in [1.807, 2.05) is 0 Å². The summed E-state index contributed by atoms with van der Waals surface area (Å²) in [6, 6.07) is -1.21. The molecule has 0 aromatic carbocycles. The van der Waals surface area contributed by atoms with E-state index >= 15 is 0 Å². The Labute approximate surface area is 87.7 Å². The molecule has 1 amide bonds. The number of carbonyl (C=O) groups is 1. The Kier molecular flexibility index (Phi) is 3.49. The first kappa shape index (κ1) is 10.8. The quantitative estimate of drug-likeness (QED) is 0.338. The highest BCUT2D eigenvalue weighted by atomic mass is 16.6. The summed E-state index contributed by atoms with van der Waals surface area (Å²) in [7, 11) is 0. The van der Waals surface area contributed by atoms with Crippen LogP contribution in [-0.2, 0) is 9.53 Å². The fraction of sp³-hybridized carbons (Fsp3) is 0.875. The smallest absolute Gasteiger partial charge is 0.217 e. The van der Waals surface area contributed by atoms with E-state index < -0.39 is 50.1 Å². The SMILES string of the molecule is [2H]CC(=O)N[C@@H]1C(O)O[C@H](CO)[C@H](O)[C@@H]1O. The zero-order valence-electron chi connectivity index (χ0n) is 8.91. The highest BCUT2D eigenvalue weighted by molar-refractivity contribution is 5.73. The first-order valence-corrected chi connectivity index (χ1v) is 4.40. The summed E-state index contributed by atoms with van der Waals surface area (Å²) in [6.45, 7) is -1.12. The molecular weight excluding hydrogens is 206 g/mol. The van der Waals surface area contributed by atoms with Crippen LogP contribution in [0.15, 0.2) is 0 Å². The maximum absolute atomic E-state index is 10.9. The molecule has 1 unspecified atom stereocenters. The largest absolute Gasteiger partial charge is 0.394 e. The highest BCUT2D eigenvalue weighted by Crippen LogP contribution is 2.19. The monoisotopic (exact) mass is 222 g/mol. The molecule has 1 rings (SSSR count). The molecule has 88 valence electrons. The molecule has 1 aliphatic rings. The number of hydrogen-bond donors (Lipinski definition) is 5. The van der Waals surface area contributed by atoms with Crippen LogP contribution >= 0.6 is 0 Å². The second kappa shape index (κ2) is 4.86. The minimum atomic E-state index is -1.54. The molecule has 7 heteroatoms. The van der Waals surface area contributed by atoms with Gasteiger partial charge in [-0.15, -0.1) is 0 Å².